The lowest BCUT2D eigenvalue weighted by atomic mass is 10.1. The fourth-order valence-corrected chi connectivity index (χ4v) is 2.16. The van der Waals surface area contributed by atoms with Crippen LogP contribution < -0.4 is 20.3 Å². The lowest BCUT2D eigenvalue weighted by Crippen LogP contribution is -2.30. The Kier molecular flexibility index (Phi) is 6.36. The third kappa shape index (κ3) is 5.12. The van der Waals surface area contributed by atoms with Crippen LogP contribution in [-0.2, 0) is 11.2 Å². The van der Waals surface area contributed by atoms with E-state index in [0.717, 1.165) is 17.0 Å². The summed E-state index contributed by atoms with van der Waals surface area (Å²) in [6.07, 6.45) is 1.99. The molecule has 2 aromatic rings. The van der Waals surface area contributed by atoms with Gasteiger partial charge in [-0.15, -0.1) is 5.10 Å². The summed E-state index contributed by atoms with van der Waals surface area (Å²) >= 11 is 0. The van der Waals surface area contributed by atoms with E-state index >= 15 is 0 Å². The minimum atomic E-state index is -0.0468. The number of ether oxygens (including phenoxy) is 1. The Morgan fingerprint density at radius 1 is 1.25 bits per heavy atom. The minimum Gasteiger partial charge on any atom is -0.496 e. The molecule has 128 valence electrons. The molecule has 7 heteroatoms. The molecule has 7 nitrogen and oxygen atoms in total. The summed E-state index contributed by atoms with van der Waals surface area (Å²) in [7, 11) is 5.49. The average molecular weight is 329 g/mol. The van der Waals surface area contributed by atoms with Crippen LogP contribution in [0.2, 0.25) is 0 Å². The summed E-state index contributed by atoms with van der Waals surface area (Å²) in [6.45, 7) is 1.07. The number of nitrogens with zero attached hydrogens (tertiary/aromatic N) is 3. The van der Waals surface area contributed by atoms with Crippen LogP contribution >= 0.6 is 0 Å². The highest BCUT2D eigenvalue weighted by molar-refractivity contribution is 5.79. The zero-order valence-electron chi connectivity index (χ0n) is 14.2. The number of para-hydroxylation sites is 1. The van der Waals surface area contributed by atoms with Crippen LogP contribution in [0.1, 0.15) is 5.56 Å². The number of carbonyl (C=O) groups is 1. The fourth-order valence-electron chi connectivity index (χ4n) is 2.16. The number of anilines is 2. The van der Waals surface area contributed by atoms with Gasteiger partial charge in [-0.25, -0.2) is 0 Å². The lowest BCUT2D eigenvalue weighted by Gasteiger charge is -2.13. The molecule has 1 aromatic carbocycles. The second-order valence-corrected chi connectivity index (χ2v) is 5.46. The van der Waals surface area contributed by atoms with Gasteiger partial charge in [-0.3, -0.25) is 4.79 Å². The molecule has 2 N–H and O–H groups in total. The monoisotopic (exact) mass is 329 g/mol. The second kappa shape index (κ2) is 8.71. The van der Waals surface area contributed by atoms with Gasteiger partial charge in [-0.2, -0.15) is 5.10 Å². The van der Waals surface area contributed by atoms with Crippen LogP contribution in [0.3, 0.4) is 0 Å². The first-order valence-electron chi connectivity index (χ1n) is 7.72. The molecular weight excluding hydrogens is 306 g/mol. The number of amides is 1. The van der Waals surface area contributed by atoms with Crippen molar-refractivity contribution in [3.05, 3.63) is 42.1 Å². The standard InChI is InChI=1S/C17H23N5O2/c1-22(2)14-11-16(21-20-12-14)18-8-9-19-17(23)10-13-6-4-5-7-15(13)24-3/h4-7,11-12H,8-10H2,1-3H3,(H,18,21)(H,19,23). The zero-order valence-corrected chi connectivity index (χ0v) is 14.2. The van der Waals surface area contributed by atoms with Crippen molar-refractivity contribution < 1.29 is 9.53 Å². The molecule has 0 atom stereocenters. The Morgan fingerprint density at radius 2 is 2.04 bits per heavy atom. The van der Waals surface area contributed by atoms with Crippen LogP contribution in [0.4, 0.5) is 11.5 Å². The van der Waals surface area contributed by atoms with Crippen LogP contribution in [0.25, 0.3) is 0 Å². The Balaban J connectivity index is 1.76. The molecule has 0 unspecified atom stereocenters. The van der Waals surface area contributed by atoms with Gasteiger partial charge >= 0.3 is 0 Å². The highest BCUT2D eigenvalue weighted by Gasteiger charge is 2.07. The summed E-state index contributed by atoms with van der Waals surface area (Å²) in [5.74, 6) is 1.36. The molecule has 1 heterocycles. The van der Waals surface area contributed by atoms with Gasteiger partial charge in [0.05, 0.1) is 25.4 Å². The van der Waals surface area contributed by atoms with Gasteiger partial charge in [0.25, 0.3) is 0 Å². The first kappa shape index (κ1) is 17.5. The number of hydrogen-bond donors (Lipinski definition) is 2. The normalized spacial score (nSPS) is 10.1. The van der Waals surface area contributed by atoms with Crippen LogP contribution in [0.5, 0.6) is 5.75 Å². The maximum absolute atomic E-state index is 12.0. The first-order chi connectivity index (χ1) is 11.6. The minimum absolute atomic E-state index is 0.0468. The van der Waals surface area contributed by atoms with Gasteiger partial charge in [0, 0.05) is 38.8 Å². The SMILES string of the molecule is COc1ccccc1CC(=O)NCCNc1cc(N(C)C)cnn1. The Bertz CT molecular complexity index is 676. The van der Waals surface area contributed by atoms with Crippen molar-refractivity contribution in [2.24, 2.45) is 0 Å². The van der Waals surface area contributed by atoms with Crippen molar-refractivity contribution in [1.29, 1.82) is 0 Å². The zero-order chi connectivity index (χ0) is 17.4. The van der Waals surface area contributed by atoms with Crippen molar-refractivity contribution in [2.75, 3.05) is 44.5 Å². The molecule has 0 spiro atoms. The molecule has 0 fully saturated rings. The van der Waals surface area contributed by atoms with Crippen molar-refractivity contribution in [2.45, 2.75) is 6.42 Å². The largest absolute Gasteiger partial charge is 0.496 e. The summed E-state index contributed by atoms with van der Waals surface area (Å²) in [5.41, 5.74) is 1.84. The Morgan fingerprint density at radius 3 is 2.79 bits per heavy atom. The highest BCUT2D eigenvalue weighted by atomic mass is 16.5. The second-order valence-electron chi connectivity index (χ2n) is 5.46. The molecule has 0 aliphatic carbocycles. The maximum Gasteiger partial charge on any atom is 0.224 e. The van der Waals surface area contributed by atoms with E-state index in [9.17, 15) is 4.79 Å². The quantitative estimate of drug-likeness (QED) is 0.711. The molecule has 1 amide bonds. The van der Waals surface area contributed by atoms with E-state index in [1.807, 2.05) is 49.3 Å². The molecular formula is C17H23N5O2. The number of hydrogen-bond acceptors (Lipinski definition) is 6. The molecule has 0 aliphatic heterocycles. The van der Waals surface area contributed by atoms with Gasteiger partial charge in [0.15, 0.2) is 5.82 Å². The maximum atomic E-state index is 12.0. The van der Waals surface area contributed by atoms with Gasteiger partial charge < -0.3 is 20.3 Å². The predicted molar refractivity (Wildman–Crippen MR) is 94.6 cm³/mol. The van der Waals surface area contributed by atoms with Crippen molar-refractivity contribution in [3.63, 3.8) is 0 Å². The van der Waals surface area contributed by atoms with Crippen molar-refractivity contribution >= 4 is 17.4 Å². The number of methoxy groups -OCH3 is 1. The molecule has 0 bridgehead atoms. The fraction of sp³-hybridized carbons (Fsp3) is 0.353. The van der Waals surface area contributed by atoms with E-state index in [1.54, 1.807) is 13.3 Å². The Hall–Kier alpha value is -2.83. The van der Waals surface area contributed by atoms with Gasteiger partial charge in [0.2, 0.25) is 5.91 Å². The Labute approximate surface area is 142 Å². The van der Waals surface area contributed by atoms with Gasteiger partial charge in [-0.05, 0) is 6.07 Å². The number of benzene rings is 1. The summed E-state index contributed by atoms with van der Waals surface area (Å²) in [6, 6.07) is 9.42. The number of carbonyl (C=O) groups excluding carboxylic acids is 1. The van der Waals surface area contributed by atoms with Crippen molar-refractivity contribution in [1.82, 2.24) is 15.5 Å². The van der Waals surface area contributed by atoms with E-state index in [-0.39, 0.29) is 5.91 Å². The molecule has 0 saturated heterocycles. The van der Waals surface area contributed by atoms with E-state index in [0.29, 0.717) is 25.3 Å². The molecule has 0 aliphatic rings. The van der Waals surface area contributed by atoms with Gasteiger partial charge in [0.1, 0.15) is 5.75 Å². The van der Waals surface area contributed by atoms with E-state index in [2.05, 4.69) is 20.8 Å². The molecule has 24 heavy (non-hydrogen) atoms. The first-order valence-corrected chi connectivity index (χ1v) is 7.72. The predicted octanol–water partition coefficient (Wildman–Crippen LogP) is 1.32. The third-order valence-corrected chi connectivity index (χ3v) is 3.45. The topological polar surface area (TPSA) is 79.4 Å². The van der Waals surface area contributed by atoms with E-state index in [4.69, 9.17) is 4.74 Å². The summed E-state index contributed by atoms with van der Waals surface area (Å²) < 4.78 is 5.25. The van der Waals surface area contributed by atoms with E-state index < -0.39 is 0 Å². The van der Waals surface area contributed by atoms with Gasteiger partial charge in [-0.1, -0.05) is 18.2 Å². The molecule has 1 aromatic heterocycles. The number of aromatic nitrogens is 2. The van der Waals surface area contributed by atoms with Crippen molar-refractivity contribution in [3.8, 4) is 5.75 Å². The summed E-state index contributed by atoms with van der Waals surface area (Å²) in [4.78, 5) is 14.0. The van der Waals surface area contributed by atoms with Crippen LogP contribution in [-0.4, -0.2) is 50.4 Å². The lowest BCUT2D eigenvalue weighted by molar-refractivity contribution is -0.120. The van der Waals surface area contributed by atoms with Crippen LogP contribution in [0.15, 0.2) is 36.5 Å². The molecule has 0 radical (unpaired) electrons. The molecule has 0 saturated carbocycles. The highest BCUT2D eigenvalue weighted by Crippen LogP contribution is 2.17. The van der Waals surface area contributed by atoms with Crippen LogP contribution in [0, 0.1) is 0 Å². The number of rotatable bonds is 8. The smallest absolute Gasteiger partial charge is 0.224 e. The number of nitrogens with one attached hydrogen (secondary N) is 2. The average Bonchev–Trinajstić information content (AvgIpc) is 2.59. The third-order valence-electron chi connectivity index (χ3n) is 3.45. The summed E-state index contributed by atoms with van der Waals surface area (Å²) in [5, 5.41) is 14.0. The molecule has 2 rings (SSSR count). The van der Waals surface area contributed by atoms with E-state index in [1.165, 1.54) is 0 Å².